The van der Waals surface area contributed by atoms with E-state index in [4.69, 9.17) is 5.26 Å². The van der Waals surface area contributed by atoms with Crippen molar-refractivity contribution in [2.24, 2.45) is 0 Å². The molecular weight excluding hydrogens is 315 g/mol. The summed E-state index contributed by atoms with van der Waals surface area (Å²) in [5.74, 6) is -0.102. The first-order valence-corrected chi connectivity index (χ1v) is 6.17. The molecule has 0 spiro atoms. The van der Waals surface area contributed by atoms with E-state index in [0.717, 1.165) is 9.13 Å². The number of nitrogens with zero attached hydrogens (tertiary/aromatic N) is 1. The van der Waals surface area contributed by atoms with Gasteiger partial charge < -0.3 is 5.32 Å². The average molecular weight is 328 g/mol. The number of halogens is 1. The van der Waals surface area contributed by atoms with Gasteiger partial charge in [0.2, 0.25) is 5.91 Å². The molecule has 0 aliphatic heterocycles. The van der Waals surface area contributed by atoms with E-state index in [9.17, 15) is 4.79 Å². The fourth-order valence-electron chi connectivity index (χ4n) is 1.26. The van der Waals surface area contributed by atoms with Gasteiger partial charge in [0.25, 0.3) is 0 Å². The topological polar surface area (TPSA) is 52.9 Å². The van der Waals surface area contributed by atoms with E-state index in [2.05, 4.69) is 27.9 Å². The molecule has 84 valence electrons. The van der Waals surface area contributed by atoms with Crippen LogP contribution in [0.25, 0.3) is 0 Å². The van der Waals surface area contributed by atoms with Gasteiger partial charge in [-0.1, -0.05) is 19.1 Å². The Morgan fingerprint density at radius 2 is 2.12 bits per heavy atom. The standard InChI is InChI=1S/C12H13IN2O/c1-2-11(8-14)15-12(16)7-9-3-5-10(13)6-4-9/h3-6,11H,2,7H2,1H3,(H,15,16)/t11-/m0/s1. The summed E-state index contributed by atoms with van der Waals surface area (Å²) in [5.41, 5.74) is 0.964. The first kappa shape index (κ1) is 13.0. The summed E-state index contributed by atoms with van der Waals surface area (Å²) >= 11 is 2.22. The zero-order valence-corrected chi connectivity index (χ0v) is 11.2. The lowest BCUT2D eigenvalue weighted by Gasteiger charge is -2.08. The van der Waals surface area contributed by atoms with Gasteiger partial charge in [-0.05, 0) is 46.7 Å². The van der Waals surface area contributed by atoms with E-state index in [0.29, 0.717) is 12.8 Å². The van der Waals surface area contributed by atoms with E-state index >= 15 is 0 Å². The number of nitriles is 1. The molecule has 3 nitrogen and oxygen atoms in total. The maximum absolute atomic E-state index is 11.6. The van der Waals surface area contributed by atoms with Crippen LogP contribution in [-0.2, 0) is 11.2 Å². The maximum Gasteiger partial charge on any atom is 0.225 e. The Kier molecular flexibility index (Phi) is 5.26. The smallest absolute Gasteiger partial charge is 0.225 e. The normalized spacial score (nSPS) is 11.6. The molecule has 1 amide bonds. The number of carbonyl (C=O) groups is 1. The molecule has 0 aliphatic rings. The second kappa shape index (κ2) is 6.48. The van der Waals surface area contributed by atoms with Crippen LogP contribution in [0.3, 0.4) is 0 Å². The van der Waals surface area contributed by atoms with Crippen molar-refractivity contribution in [2.45, 2.75) is 25.8 Å². The first-order valence-electron chi connectivity index (χ1n) is 5.09. The van der Waals surface area contributed by atoms with Gasteiger partial charge in [-0.3, -0.25) is 4.79 Å². The Balaban J connectivity index is 2.52. The third-order valence-corrected chi connectivity index (χ3v) is 2.90. The van der Waals surface area contributed by atoms with Crippen LogP contribution < -0.4 is 5.32 Å². The van der Waals surface area contributed by atoms with Gasteiger partial charge in [-0.15, -0.1) is 0 Å². The molecule has 0 bridgehead atoms. The van der Waals surface area contributed by atoms with Crippen molar-refractivity contribution in [1.82, 2.24) is 5.32 Å². The number of rotatable bonds is 4. The fourth-order valence-corrected chi connectivity index (χ4v) is 1.62. The summed E-state index contributed by atoms with van der Waals surface area (Å²) in [6.45, 7) is 1.87. The predicted molar refractivity (Wildman–Crippen MR) is 70.7 cm³/mol. The number of hydrogen-bond donors (Lipinski definition) is 1. The number of amides is 1. The number of nitrogens with one attached hydrogen (secondary N) is 1. The van der Waals surface area contributed by atoms with Crippen molar-refractivity contribution in [3.63, 3.8) is 0 Å². The highest BCUT2D eigenvalue weighted by molar-refractivity contribution is 14.1. The molecule has 0 radical (unpaired) electrons. The average Bonchev–Trinajstić information content (AvgIpc) is 2.29. The monoisotopic (exact) mass is 328 g/mol. The molecule has 1 atom stereocenters. The van der Waals surface area contributed by atoms with E-state index in [1.165, 1.54) is 0 Å². The van der Waals surface area contributed by atoms with Gasteiger partial charge >= 0.3 is 0 Å². The first-order chi connectivity index (χ1) is 7.65. The number of carbonyl (C=O) groups excluding carboxylic acids is 1. The Morgan fingerprint density at radius 1 is 1.50 bits per heavy atom. The quantitative estimate of drug-likeness (QED) is 0.862. The van der Waals surface area contributed by atoms with Crippen LogP contribution in [0.15, 0.2) is 24.3 Å². The maximum atomic E-state index is 11.6. The lowest BCUT2D eigenvalue weighted by atomic mass is 10.1. The molecular formula is C12H13IN2O. The van der Waals surface area contributed by atoms with Crippen LogP contribution in [0.5, 0.6) is 0 Å². The molecule has 0 saturated carbocycles. The second-order valence-electron chi connectivity index (χ2n) is 3.46. The number of benzene rings is 1. The van der Waals surface area contributed by atoms with Crippen molar-refractivity contribution < 1.29 is 4.79 Å². The van der Waals surface area contributed by atoms with Crippen LogP contribution >= 0.6 is 22.6 Å². The molecule has 1 rings (SSSR count). The van der Waals surface area contributed by atoms with E-state index in [-0.39, 0.29) is 11.9 Å². The van der Waals surface area contributed by atoms with Crippen LogP contribution in [-0.4, -0.2) is 11.9 Å². The van der Waals surface area contributed by atoms with Crippen LogP contribution in [0.1, 0.15) is 18.9 Å². The molecule has 1 aromatic carbocycles. The molecule has 4 heteroatoms. The Morgan fingerprint density at radius 3 is 2.62 bits per heavy atom. The molecule has 0 aliphatic carbocycles. The highest BCUT2D eigenvalue weighted by Crippen LogP contribution is 2.07. The summed E-state index contributed by atoms with van der Waals surface area (Å²) < 4.78 is 1.14. The minimum absolute atomic E-state index is 0.102. The molecule has 1 N–H and O–H groups in total. The molecule has 1 aromatic rings. The Bertz CT molecular complexity index is 394. The molecule has 0 heterocycles. The zero-order valence-electron chi connectivity index (χ0n) is 9.03. The molecule has 16 heavy (non-hydrogen) atoms. The van der Waals surface area contributed by atoms with Crippen molar-refractivity contribution in [3.8, 4) is 6.07 Å². The van der Waals surface area contributed by atoms with Crippen LogP contribution in [0, 0.1) is 14.9 Å². The summed E-state index contributed by atoms with van der Waals surface area (Å²) in [6.07, 6.45) is 0.962. The van der Waals surface area contributed by atoms with E-state index in [1.54, 1.807) is 0 Å². The van der Waals surface area contributed by atoms with Gasteiger partial charge in [-0.2, -0.15) is 5.26 Å². The van der Waals surface area contributed by atoms with Gasteiger partial charge in [0.05, 0.1) is 12.5 Å². The molecule has 0 fully saturated rings. The Labute approximate surface area is 109 Å². The Hall–Kier alpha value is -1.09. The lowest BCUT2D eigenvalue weighted by molar-refractivity contribution is -0.120. The molecule has 0 saturated heterocycles. The third-order valence-electron chi connectivity index (χ3n) is 2.18. The van der Waals surface area contributed by atoms with Crippen LogP contribution in [0.2, 0.25) is 0 Å². The zero-order chi connectivity index (χ0) is 12.0. The minimum atomic E-state index is -0.378. The number of hydrogen-bond acceptors (Lipinski definition) is 2. The minimum Gasteiger partial charge on any atom is -0.340 e. The summed E-state index contributed by atoms with van der Waals surface area (Å²) in [5, 5.41) is 11.4. The van der Waals surface area contributed by atoms with E-state index in [1.807, 2.05) is 37.3 Å². The lowest BCUT2D eigenvalue weighted by Crippen LogP contribution is -2.34. The molecule has 0 aromatic heterocycles. The summed E-state index contributed by atoms with van der Waals surface area (Å²) in [6, 6.07) is 9.44. The van der Waals surface area contributed by atoms with Crippen molar-refractivity contribution in [3.05, 3.63) is 33.4 Å². The summed E-state index contributed by atoms with van der Waals surface area (Å²) in [4.78, 5) is 11.6. The third kappa shape index (κ3) is 4.19. The second-order valence-corrected chi connectivity index (χ2v) is 4.71. The summed E-state index contributed by atoms with van der Waals surface area (Å²) in [7, 11) is 0. The van der Waals surface area contributed by atoms with Crippen molar-refractivity contribution in [1.29, 1.82) is 5.26 Å². The van der Waals surface area contributed by atoms with Crippen LogP contribution in [0.4, 0.5) is 0 Å². The van der Waals surface area contributed by atoms with E-state index < -0.39 is 0 Å². The van der Waals surface area contributed by atoms with Gasteiger partial charge in [0.15, 0.2) is 0 Å². The highest BCUT2D eigenvalue weighted by atomic mass is 127. The van der Waals surface area contributed by atoms with Gasteiger partial charge in [0.1, 0.15) is 6.04 Å². The van der Waals surface area contributed by atoms with Gasteiger partial charge in [-0.25, -0.2) is 0 Å². The fraction of sp³-hybridized carbons (Fsp3) is 0.333. The predicted octanol–water partition coefficient (Wildman–Crippen LogP) is 2.25. The SMILES string of the molecule is CC[C@@H](C#N)NC(=O)Cc1ccc(I)cc1. The van der Waals surface area contributed by atoms with Gasteiger partial charge in [0, 0.05) is 3.57 Å². The molecule has 0 unspecified atom stereocenters. The largest absolute Gasteiger partial charge is 0.340 e. The highest BCUT2D eigenvalue weighted by Gasteiger charge is 2.09. The van der Waals surface area contributed by atoms with Crippen molar-refractivity contribution >= 4 is 28.5 Å². The van der Waals surface area contributed by atoms with Crippen molar-refractivity contribution in [2.75, 3.05) is 0 Å².